The molecule has 2 aromatic heterocycles. The topological polar surface area (TPSA) is 83.4 Å². The van der Waals surface area contributed by atoms with Gasteiger partial charge in [-0.25, -0.2) is 9.78 Å². The molecule has 0 fully saturated rings. The first-order valence-electron chi connectivity index (χ1n) is 9.55. The molecular weight excluding hydrogens is 380 g/mol. The van der Waals surface area contributed by atoms with Crippen LogP contribution in [0.2, 0.25) is 0 Å². The lowest BCUT2D eigenvalue weighted by atomic mass is 10.1. The molecule has 0 spiro atoms. The molecule has 0 atom stereocenters. The molecule has 4 rings (SSSR count). The summed E-state index contributed by atoms with van der Waals surface area (Å²) in [6.45, 7) is 4.00. The summed E-state index contributed by atoms with van der Waals surface area (Å²) in [6, 6.07) is 15.4. The van der Waals surface area contributed by atoms with Gasteiger partial charge in [0.05, 0.1) is 17.3 Å². The number of H-pyrrole nitrogens is 1. The number of rotatable bonds is 3. The predicted molar refractivity (Wildman–Crippen MR) is 119 cm³/mol. The molecule has 0 radical (unpaired) electrons. The highest BCUT2D eigenvalue weighted by Gasteiger charge is 2.09. The summed E-state index contributed by atoms with van der Waals surface area (Å²) >= 11 is 0. The second-order valence-corrected chi connectivity index (χ2v) is 7.02. The molecule has 0 aliphatic heterocycles. The van der Waals surface area contributed by atoms with Crippen molar-refractivity contribution in [2.75, 3.05) is 26.0 Å². The number of aromatic nitrogens is 2. The number of imidazole rings is 1. The number of hydrogen-bond donors (Lipinski definition) is 2. The Morgan fingerprint density at radius 1 is 1.10 bits per heavy atom. The molecule has 0 unspecified atom stereocenters. The minimum absolute atomic E-state index is 0.448. The summed E-state index contributed by atoms with van der Waals surface area (Å²) < 4.78 is 10.3. The zero-order valence-electron chi connectivity index (χ0n) is 17.8. The number of para-hydroxylation sites is 2. The van der Waals surface area contributed by atoms with Crippen molar-refractivity contribution in [3.63, 3.8) is 0 Å². The summed E-state index contributed by atoms with van der Waals surface area (Å²) in [4.78, 5) is 20.7. The zero-order chi connectivity index (χ0) is 21.7. The fourth-order valence-corrected chi connectivity index (χ4v) is 3.32. The van der Waals surface area contributed by atoms with Gasteiger partial charge < -0.3 is 24.4 Å². The standard InChI is InChI=1S/C12H18N2O2.C11H8N2O/c1-8-6-10(16-12(15)13-3)7-9(2)11(8)14(4)5;1-2-5-9-8(4-1)12-11(13-9)10-6-3-7-14-10/h6-7H,1-5H3,(H,13,15);1-7H,(H,12,13). The van der Waals surface area contributed by atoms with Crippen LogP contribution in [0, 0.1) is 13.8 Å². The predicted octanol–water partition coefficient (Wildman–Crippen LogP) is 4.91. The molecule has 0 bridgehead atoms. The number of hydrogen-bond acceptors (Lipinski definition) is 5. The van der Waals surface area contributed by atoms with E-state index in [1.54, 1.807) is 6.26 Å². The Bertz CT molecular complexity index is 1070. The Balaban J connectivity index is 0.000000171. The van der Waals surface area contributed by atoms with Gasteiger partial charge in [-0.15, -0.1) is 0 Å². The molecule has 2 aromatic carbocycles. The number of nitrogens with zero attached hydrogens (tertiary/aromatic N) is 2. The number of carbonyl (C=O) groups is 1. The third-order valence-corrected chi connectivity index (χ3v) is 4.47. The van der Waals surface area contributed by atoms with Gasteiger partial charge in [-0.3, -0.25) is 0 Å². The molecule has 7 nitrogen and oxygen atoms in total. The second kappa shape index (κ2) is 9.17. The smallest absolute Gasteiger partial charge is 0.412 e. The van der Waals surface area contributed by atoms with Crippen molar-refractivity contribution in [3.05, 3.63) is 65.9 Å². The van der Waals surface area contributed by atoms with Gasteiger partial charge in [0.15, 0.2) is 11.6 Å². The van der Waals surface area contributed by atoms with E-state index in [4.69, 9.17) is 9.15 Å². The zero-order valence-corrected chi connectivity index (χ0v) is 17.8. The Labute approximate surface area is 175 Å². The van der Waals surface area contributed by atoms with E-state index in [2.05, 4.69) is 15.3 Å². The van der Waals surface area contributed by atoms with Crippen LogP contribution in [0.3, 0.4) is 0 Å². The second-order valence-electron chi connectivity index (χ2n) is 7.02. The van der Waals surface area contributed by atoms with Crippen LogP contribution in [-0.4, -0.2) is 37.2 Å². The summed E-state index contributed by atoms with van der Waals surface area (Å²) in [5.74, 6) is 2.11. The minimum atomic E-state index is -0.448. The van der Waals surface area contributed by atoms with Crippen molar-refractivity contribution in [1.82, 2.24) is 15.3 Å². The van der Waals surface area contributed by atoms with Crippen LogP contribution in [0.4, 0.5) is 10.5 Å². The number of aryl methyl sites for hydroxylation is 2. The number of furan rings is 1. The molecule has 30 heavy (non-hydrogen) atoms. The quantitative estimate of drug-likeness (QED) is 0.505. The van der Waals surface area contributed by atoms with Gasteiger partial charge in [0.2, 0.25) is 0 Å². The lowest BCUT2D eigenvalue weighted by Gasteiger charge is -2.19. The van der Waals surface area contributed by atoms with Gasteiger partial charge in [-0.2, -0.15) is 0 Å². The Kier molecular flexibility index (Phi) is 6.41. The maximum absolute atomic E-state index is 11.1. The SMILES string of the molecule is CNC(=O)Oc1cc(C)c(N(C)C)c(C)c1.c1coc(-c2nc3ccccc3[nH]2)c1. The number of fused-ring (bicyclic) bond motifs is 1. The van der Waals surface area contributed by atoms with E-state index in [0.717, 1.165) is 39.4 Å². The van der Waals surface area contributed by atoms with E-state index in [0.29, 0.717) is 5.75 Å². The van der Waals surface area contributed by atoms with Gasteiger partial charge in [-0.1, -0.05) is 12.1 Å². The molecule has 1 amide bonds. The average molecular weight is 406 g/mol. The van der Waals surface area contributed by atoms with E-state index in [1.165, 1.54) is 7.05 Å². The molecule has 2 N–H and O–H groups in total. The van der Waals surface area contributed by atoms with E-state index < -0.39 is 6.09 Å². The number of ether oxygens (including phenoxy) is 1. The number of anilines is 1. The summed E-state index contributed by atoms with van der Waals surface area (Å²) in [5, 5.41) is 2.42. The molecule has 4 aromatic rings. The van der Waals surface area contributed by atoms with Crippen molar-refractivity contribution in [3.8, 4) is 17.3 Å². The van der Waals surface area contributed by atoms with Crippen LogP contribution in [0.5, 0.6) is 5.75 Å². The van der Waals surface area contributed by atoms with E-state index in [-0.39, 0.29) is 0 Å². The Morgan fingerprint density at radius 3 is 2.37 bits per heavy atom. The number of benzene rings is 2. The van der Waals surface area contributed by atoms with Crippen molar-refractivity contribution < 1.29 is 13.9 Å². The molecule has 0 saturated heterocycles. The van der Waals surface area contributed by atoms with Crippen LogP contribution < -0.4 is 15.0 Å². The molecule has 2 heterocycles. The average Bonchev–Trinajstić information content (AvgIpc) is 3.37. The highest BCUT2D eigenvalue weighted by molar-refractivity contribution is 5.78. The Hall–Kier alpha value is -3.74. The van der Waals surface area contributed by atoms with Crippen molar-refractivity contribution >= 4 is 22.8 Å². The van der Waals surface area contributed by atoms with Crippen LogP contribution in [0.15, 0.2) is 59.2 Å². The van der Waals surface area contributed by atoms with Gasteiger partial charge in [0.25, 0.3) is 0 Å². The molecule has 0 aliphatic carbocycles. The first-order valence-corrected chi connectivity index (χ1v) is 9.55. The molecular formula is C23H26N4O3. The van der Waals surface area contributed by atoms with E-state index in [1.807, 2.05) is 81.4 Å². The minimum Gasteiger partial charge on any atom is -0.461 e. The fourth-order valence-electron chi connectivity index (χ4n) is 3.32. The van der Waals surface area contributed by atoms with Gasteiger partial charge in [0, 0.05) is 26.8 Å². The van der Waals surface area contributed by atoms with E-state index in [9.17, 15) is 4.79 Å². The number of amides is 1. The van der Waals surface area contributed by atoms with Crippen molar-refractivity contribution in [2.45, 2.75) is 13.8 Å². The highest BCUT2D eigenvalue weighted by atomic mass is 16.5. The highest BCUT2D eigenvalue weighted by Crippen LogP contribution is 2.28. The summed E-state index contributed by atoms with van der Waals surface area (Å²) in [6.07, 6.45) is 1.19. The molecule has 7 heteroatoms. The van der Waals surface area contributed by atoms with Crippen LogP contribution in [0.1, 0.15) is 11.1 Å². The normalized spacial score (nSPS) is 10.3. The third-order valence-electron chi connectivity index (χ3n) is 4.47. The van der Waals surface area contributed by atoms with Crippen molar-refractivity contribution in [2.24, 2.45) is 0 Å². The largest absolute Gasteiger partial charge is 0.461 e. The fraction of sp³-hybridized carbons (Fsp3) is 0.217. The monoisotopic (exact) mass is 406 g/mol. The lowest BCUT2D eigenvalue weighted by molar-refractivity contribution is 0.203. The van der Waals surface area contributed by atoms with Crippen LogP contribution in [-0.2, 0) is 0 Å². The maximum atomic E-state index is 11.1. The summed E-state index contributed by atoms with van der Waals surface area (Å²) in [7, 11) is 5.53. The lowest BCUT2D eigenvalue weighted by Crippen LogP contribution is -2.22. The first-order chi connectivity index (χ1) is 14.4. The van der Waals surface area contributed by atoms with Crippen LogP contribution >= 0.6 is 0 Å². The molecule has 156 valence electrons. The molecule has 0 aliphatic rings. The van der Waals surface area contributed by atoms with E-state index >= 15 is 0 Å². The maximum Gasteiger partial charge on any atom is 0.412 e. The van der Waals surface area contributed by atoms with Gasteiger partial charge >= 0.3 is 6.09 Å². The number of nitrogens with one attached hydrogen (secondary N) is 2. The number of carbonyl (C=O) groups excluding carboxylic acids is 1. The third kappa shape index (κ3) is 4.81. The molecule has 0 saturated carbocycles. The number of aromatic amines is 1. The van der Waals surface area contributed by atoms with Crippen molar-refractivity contribution in [1.29, 1.82) is 0 Å². The summed E-state index contributed by atoms with van der Waals surface area (Å²) in [5.41, 5.74) is 5.31. The van der Waals surface area contributed by atoms with Gasteiger partial charge in [-0.05, 0) is 61.4 Å². The Morgan fingerprint density at radius 2 is 1.80 bits per heavy atom. The van der Waals surface area contributed by atoms with Gasteiger partial charge in [0.1, 0.15) is 5.75 Å². The first kappa shape index (κ1) is 21.0. The van der Waals surface area contributed by atoms with Crippen LogP contribution in [0.25, 0.3) is 22.6 Å².